The van der Waals surface area contributed by atoms with Crippen LogP contribution < -0.4 is 9.64 Å². The molecule has 8 nitrogen and oxygen atoms in total. The van der Waals surface area contributed by atoms with Gasteiger partial charge in [-0.25, -0.2) is 4.98 Å². The van der Waals surface area contributed by atoms with Gasteiger partial charge in [-0.2, -0.15) is 5.10 Å². The molecule has 3 rings (SSSR count). The summed E-state index contributed by atoms with van der Waals surface area (Å²) < 4.78 is 5.95. The fourth-order valence-corrected chi connectivity index (χ4v) is 3.07. The van der Waals surface area contributed by atoms with Gasteiger partial charge < -0.3 is 9.64 Å². The van der Waals surface area contributed by atoms with Crippen molar-refractivity contribution in [1.29, 1.82) is 0 Å². The van der Waals surface area contributed by atoms with Crippen LogP contribution in [-0.4, -0.2) is 39.3 Å². The van der Waals surface area contributed by atoms with Crippen LogP contribution in [0.5, 0.6) is 5.75 Å². The van der Waals surface area contributed by atoms with Crippen LogP contribution in [0.15, 0.2) is 24.3 Å². The van der Waals surface area contributed by atoms with Crippen molar-refractivity contribution < 1.29 is 9.66 Å². The normalized spacial score (nSPS) is 15.1. The van der Waals surface area contributed by atoms with Gasteiger partial charge in [0.1, 0.15) is 11.9 Å². The highest BCUT2D eigenvalue weighted by atomic mass is 16.6. The molecule has 0 radical (unpaired) electrons. The number of non-ortho nitro benzene ring substituents is 1. The Balaban J connectivity index is 1.58. The van der Waals surface area contributed by atoms with Crippen molar-refractivity contribution in [3.63, 3.8) is 0 Å². The lowest BCUT2D eigenvalue weighted by atomic mass is 10.1. The minimum absolute atomic E-state index is 0.0686. The lowest BCUT2D eigenvalue weighted by molar-refractivity contribution is -0.384. The molecule has 0 atom stereocenters. The highest BCUT2D eigenvalue weighted by molar-refractivity contribution is 5.36. The van der Waals surface area contributed by atoms with E-state index in [-0.39, 0.29) is 11.8 Å². The second-order valence-electron chi connectivity index (χ2n) is 6.27. The van der Waals surface area contributed by atoms with Crippen LogP contribution in [-0.2, 0) is 12.8 Å². The van der Waals surface area contributed by atoms with Crippen molar-refractivity contribution in [2.75, 3.05) is 18.0 Å². The third-order valence-corrected chi connectivity index (χ3v) is 4.57. The number of nitro benzene ring substituents is 1. The largest absolute Gasteiger partial charge is 0.490 e. The number of hydrogen-bond donors (Lipinski definition) is 0. The number of hydrogen-bond acceptors (Lipinski definition) is 7. The fourth-order valence-electron chi connectivity index (χ4n) is 3.07. The Bertz CT molecular complexity index is 758. The lowest BCUT2D eigenvalue weighted by Gasteiger charge is -2.32. The van der Waals surface area contributed by atoms with Crippen molar-refractivity contribution in [1.82, 2.24) is 15.2 Å². The van der Waals surface area contributed by atoms with E-state index >= 15 is 0 Å². The second-order valence-corrected chi connectivity index (χ2v) is 6.27. The number of rotatable bonds is 6. The topological polar surface area (TPSA) is 94.3 Å². The summed E-state index contributed by atoms with van der Waals surface area (Å²) in [6.45, 7) is 5.74. The zero-order valence-corrected chi connectivity index (χ0v) is 15.1. The van der Waals surface area contributed by atoms with Gasteiger partial charge in [-0.05, 0) is 25.0 Å². The lowest BCUT2D eigenvalue weighted by Crippen LogP contribution is -2.39. The van der Waals surface area contributed by atoms with Crippen LogP contribution in [0.2, 0.25) is 0 Å². The number of aromatic nitrogens is 3. The number of nitrogens with zero attached hydrogens (tertiary/aromatic N) is 5. The van der Waals surface area contributed by atoms with E-state index in [1.165, 1.54) is 12.1 Å². The Morgan fingerprint density at radius 3 is 2.35 bits per heavy atom. The quantitative estimate of drug-likeness (QED) is 0.579. The first-order valence-electron chi connectivity index (χ1n) is 8.99. The molecule has 0 N–H and O–H groups in total. The number of ether oxygens (including phenoxy) is 1. The summed E-state index contributed by atoms with van der Waals surface area (Å²) in [6.07, 6.45) is 3.47. The van der Waals surface area contributed by atoms with E-state index in [4.69, 9.17) is 4.74 Å². The van der Waals surface area contributed by atoms with Crippen LogP contribution in [0.3, 0.4) is 0 Å². The van der Waals surface area contributed by atoms with Gasteiger partial charge in [-0.1, -0.05) is 13.8 Å². The molecule has 1 aromatic heterocycles. The molecule has 0 bridgehead atoms. The van der Waals surface area contributed by atoms with Gasteiger partial charge in [0, 0.05) is 38.1 Å². The molecule has 2 aromatic rings. The average Bonchev–Trinajstić information content (AvgIpc) is 2.68. The molecule has 0 spiro atoms. The second kappa shape index (κ2) is 8.07. The molecule has 1 aliphatic rings. The maximum Gasteiger partial charge on any atom is 0.269 e. The highest BCUT2D eigenvalue weighted by Crippen LogP contribution is 2.23. The van der Waals surface area contributed by atoms with Gasteiger partial charge in [0.25, 0.3) is 5.69 Å². The molecule has 1 aliphatic heterocycles. The predicted octanol–water partition coefficient (Wildman–Crippen LogP) is 2.95. The molecule has 1 saturated heterocycles. The number of anilines is 1. The first-order chi connectivity index (χ1) is 12.6. The van der Waals surface area contributed by atoms with Crippen LogP contribution in [0.25, 0.3) is 0 Å². The van der Waals surface area contributed by atoms with Gasteiger partial charge in [0.2, 0.25) is 5.95 Å². The van der Waals surface area contributed by atoms with Crippen LogP contribution in [0, 0.1) is 10.1 Å². The molecule has 1 aromatic carbocycles. The number of nitro groups is 1. The summed E-state index contributed by atoms with van der Waals surface area (Å²) in [5, 5.41) is 19.3. The molecule has 8 heteroatoms. The van der Waals surface area contributed by atoms with E-state index in [1.54, 1.807) is 12.1 Å². The maximum atomic E-state index is 10.7. The van der Waals surface area contributed by atoms with Gasteiger partial charge in [0.05, 0.1) is 16.3 Å². The third kappa shape index (κ3) is 4.07. The van der Waals surface area contributed by atoms with Crippen molar-refractivity contribution >= 4 is 11.6 Å². The average molecular weight is 357 g/mol. The summed E-state index contributed by atoms with van der Waals surface area (Å²) in [6, 6.07) is 6.22. The smallest absolute Gasteiger partial charge is 0.269 e. The molecular formula is C18H23N5O3. The van der Waals surface area contributed by atoms with Crippen LogP contribution in [0.4, 0.5) is 11.6 Å². The molecular weight excluding hydrogens is 334 g/mol. The minimum atomic E-state index is -0.412. The molecule has 1 fully saturated rings. The van der Waals surface area contributed by atoms with E-state index in [0.29, 0.717) is 11.7 Å². The van der Waals surface area contributed by atoms with Crippen molar-refractivity contribution in [3.05, 3.63) is 45.8 Å². The summed E-state index contributed by atoms with van der Waals surface area (Å²) in [7, 11) is 0. The predicted molar refractivity (Wildman–Crippen MR) is 97.5 cm³/mol. The van der Waals surface area contributed by atoms with E-state index in [0.717, 1.165) is 50.2 Å². The first-order valence-corrected chi connectivity index (χ1v) is 8.99. The standard InChI is InChI=1S/C18H23N5O3/c1-3-16-17(4-2)20-21-18(19-16)22-11-9-15(10-12-22)26-14-7-5-13(6-8-14)23(24)25/h5-8,15H,3-4,9-12H2,1-2H3. The Morgan fingerprint density at radius 2 is 1.77 bits per heavy atom. The molecule has 0 saturated carbocycles. The third-order valence-electron chi connectivity index (χ3n) is 4.57. The number of aryl methyl sites for hydroxylation is 2. The minimum Gasteiger partial charge on any atom is -0.490 e. The summed E-state index contributed by atoms with van der Waals surface area (Å²) in [5.41, 5.74) is 2.05. The van der Waals surface area contributed by atoms with E-state index in [9.17, 15) is 10.1 Å². The molecule has 0 aliphatic carbocycles. The number of benzene rings is 1. The Morgan fingerprint density at radius 1 is 1.12 bits per heavy atom. The van der Waals surface area contributed by atoms with Crippen molar-refractivity contribution in [3.8, 4) is 5.75 Å². The zero-order valence-electron chi connectivity index (χ0n) is 15.1. The highest BCUT2D eigenvalue weighted by Gasteiger charge is 2.23. The van der Waals surface area contributed by atoms with E-state index < -0.39 is 4.92 Å². The fraction of sp³-hybridized carbons (Fsp3) is 0.500. The van der Waals surface area contributed by atoms with Crippen LogP contribution >= 0.6 is 0 Å². The molecule has 0 amide bonds. The summed E-state index contributed by atoms with van der Waals surface area (Å²) >= 11 is 0. The van der Waals surface area contributed by atoms with Gasteiger partial charge >= 0.3 is 0 Å². The zero-order chi connectivity index (χ0) is 18.5. The molecule has 2 heterocycles. The van der Waals surface area contributed by atoms with Crippen LogP contribution in [0.1, 0.15) is 38.1 Å². The van der Waals surface area contributed by atoms with Crippen molar-refractivity contribution in [2.45, 2.75) is 45.6 Å². The monoisotopic (exact) mass is 357 g/mol. The summed E-state index contributed by atoms with van der Waals surface area (Å²) in [5.74, 6) is 1.35. The van der Waals surface area contributed by atoms with Crippen molar-refractivity contribution in [2.24, 2.45) is 0 Å². The van der Waals surface area contributed by atoms with Gasteiger partial charge in [-0.15, -0.1) is 5.10 Å². The molecule has 138 valence electrons. The first kappa shape index (κ1) is 18.0. The Labute approximate surface area is 152 Å². The van der Waals surface area contributed by atoms with E-state index in [1.807, 2.05) is 0 Å². The number of piperidine rings is 1. The van der Waals surface area contributed by atoms with Gasteiger partial charge in [-0.3, -0.25) is 10.1 Å². The Kier molecular flexibility index (Phi) is 5.60. The Hall–Kier alpha value is -2.77. The van der Waals surface area contributed by atoms with E-state index in [2.05, 4.69) is 33.9 Å². The molecule has 0 unspecified atom stereocenters. The SMILES string of the molecule is CCc1nnc(N2CCC(Oc3ccc([N+](=O)[O-])cc3)CC2)nc1CC. The maximum absolute atomic E-state index is 10.7. The molecule has 26 heavy (non-hydrogen) atoms. The van der Waals surface area contributed by atoms with Gasteiger partial charge in [0.15, 0.2) is 0 Å². The summed E-state index contributed by atoms with van der Waals surface area (Å²) in [4.78, 5) is 17.1.